The average molecular weight is 365 g/mol. The number of benzene rings is 2. The molecule has 0 saturated heterocycles. The number of nitrogens with zero attached hydrogens (tertiary/aromatic N) is 2. The smallest absolute Gasteiger partial charge is 0.130 e. The van der Waals surface area contributed by atoms with Gasteiger partial charge in [-0.1, -0.05) is 61.4 Å². The second kappa shape index (κ2) is 9.67. The van der Waals surface area contributed by atoms with Crippen molar-refractivity contribution in [2.45, 2.75) is 51.0 Å². The van der Waals surface area contributed by atoms with Crippen LogP contribution in [-0.2, 0) is 13.0 Å². The fourth-order valence-electron chi connectivity index (χ4n) is 4.27. The number of hydrogen-bond acceptors (Lipinski definition) is 2. The minimum absolute atomic E-state index is 0.151. The largest absolute Gasteiger partial charge is 0.302 e. The molecule has 142 valence electrons. The summed E-state index contributed by atoms with van der Waals surface area (Å²) in [5.41, 5.74) is 2.65. The predicted octanol–water partition coefficient (Wildman–Crippen LogP) is 5.69. The Balaban J connectivity index is 1.58. The summed E-state index contributed by atoms with van der Waals surface area (Å²) in [4.78, 5) is 2.27. The Bertz CT molecular complexity index is 760. The Morgan fingerprint density at radius 3 is 2.56 bits per heavy atom. The van der Waals surface area contributed by atoms with Crippen LogP contribution in [0.25, 0.3) is 0 Å². The van der Waals surface area contributed by atoms with Gasteiger partial charge in [0.15, 0.2) is 0 Å². The third-order valence-corrected chi connectivity index (χ3v) is 5.74. The minimum Gasteiger partial charge on any atom is -0.302 e. The molecule has 2 aromatic carbocycles. The van der Waals surface area contributed by atoms with Crippen LogP contribution in [0.2, 0.25) is 0 Å². The number of nitriles is 1. The quantitative estimate of drug-likeness (QED) is 0.602. The van der Waals surface area contributed by atoms with E-state index in [1.54, 1.807) is 0 Å². The summed E-state index contributed by atoms with van der Waals surface area (Å²) in [6.07, 6.45) is 6.04. The lowest BCUT2D eigenvalue weighted by Crippen LogP contribution is -2.19. The van der Waals surface area contributed by atoms with Crippen molar-refractivity contribution in [3.63, 3.8) is 0 Å². The highest BCUT2D eigenvalue weighted by Crippen LogP contribution is 2.38. The maximum atomic E-state index is 15.1. The minimum atomic E-state index is -0.298. The highest BCUT2D eigenvalue weighted by atomic mass is 19.1. The molecule has 0 aromatic heterocycles. The molecule has 2 nitrogen and oxygen atoms in total. The first-order valence-electron chi connectivity index (χ1n) is 10.1. The van der Waals surface area contributed by atoms with Crippen molar-refractivity contribution in [3.05, 3.63) is 71.0 Å². The van der Waals surface area contributed by atoms with Gasteiger partial charge in [-0.05, 0) is 56.3 Å². The van der Waals surface area contributed by atoms with E-state index in [0.717, 1.165) is 50.8 Å². The number of hydrogen-bond donors (Lipinski definition) is 0. The third-order valence-electron chi connectivity index (χ3n) is 5.74. The summed E-state index contributed by atoms with van der Waals surface area (Å²) < 4.78 is 15.1. The normalized spacial score (nSPS) is 15.8. The van der Waals surface area contributed by atoms with Gasteiger partial charge < -0.3 is 4.90 Å². The first kappa shape index (κ1) is 19.6. The van der Waals surface area contributed by atoms with Crippen molar-refractivity contribution in [2.24, 2.45) is 5.92 Å². The van der Waals surface area contributed by atoms with E-state index in [2.05, 4.69) is 42.3 Å². The molecule has 3 heteroatoms. The Morgan fingerprint density at radius 1 is 1.11 bits per heavy atom. The van der Waals surface area contributed by atoms with Gasteiger partial charge >= 0.3 is 0 Å². The highest BCUT2D eigenvalue weighted by molar-refractivity contribution is 5.33. The van der Waals surface area contributed by atoms with Crippen LogP contribution in [0.4, 0.5) is 4.39 Å². The van der Waals surface area contributed by atoms with Gasteiger partial charge in [-0.2, -0.15) is 5.26 Å². The first-order chi connectivity index (χ1) is 13.2. The Hall–Kier alpha value is -2.18. The summed E-state index contributed by atoms with van der Waals surface area (Å²) in [6.45, 7) is 1.82. The SMILES string of the molecule is CN(CCCc1cccc(C(C#N)C2CCCC2)c1F)Cc1ccccc1. The van der Waals surface area contributed by atoms with Crippen molar-refractivity contribution >= 4 is 0 Å². The van der Waals surface area contributed by atoms with Crippen LogP contribution >= 0.6 is 0 Å². The van der Waals surface area contributed by atoms with Crippen LogP contribution in [0.15, 0.2) is 48.5 Å². The van der Waals surface area contributed by atoms with Crippen LogP contribution in [-0.4, -0.2) is 18.5 Å². The van der Waals surface area contributed by atoms with Gasteiger partial charge in [-0.25, -0.2) is 4.39 Å². The summed E-state index contributed by atoms with van der Waals surface area (Å²) in [5, 5.41) is 9.62. The van der Waals surface area contributed by atoms with Crippen molar-refractivity contribution < 1.29 is 4.39 Å². The van der Waals surface area contributed by atoms with E-state index >= 15 is 4.39 Å². The summed E-state index contributed by atoms with van der Waals surface area (Å²) in [5.74, 6) is -0.133. The first-order valence-corrected chi connectivity index (χ1v) is 10.1. The lowest BCUT2D eigenvalue weighted by atomic mass is 9.84. The topological polar surface area (TPSA) is 27.0 Å². The number of halogens is 1. The van der Waals surface area contributed by atoms with Gasteiger partial charge in [0, 0.05) is 12.1 Å². The lowest BCUT2D eigenvalue weighted by Gasteiger charge is -2.19. The zero-order chi connectivity index (χ0) is 19.1. The lowest BCUT2D eigenvalue weighted by molar-refractivity contribution is 0.321. The molecule has 0 N–H and O–H groups in total. The van der Waals surface area contributed by atoms with E-state index in [-0.39, 0.29) is 11.7 Å². The average Bonchev–Trinajstić information content (AvgIpc) is 3.20. The zero-order valence-corrected chi connectivity index (χ0v) is 16.2. The number of aryl methyl sites for hydroxylation is 1. The summed E-state index contributed by atoms with van der Waals surface area (Å²) in [6, 6.07) is 18.4. The van der Waals surface area contributed by atoms with E-state index in [1.165, 1.54) is 5.56 Å². The Labute approximate surface area is 162 Å². The molecule has 1 fully saturated rings. The van der Waals surface area contributed by atoms with Crippen LogP contribution < -0.4 is 0 Å². The van der Waals surface area contributed by atoms with Gasteiger partial charge in [0.25, 0.3) is 0 Å². The van der Waals surface area contributed by atoms with Gasteiger partial charge in [-0.15, -0.1) is 0 Å². The fourth-order valence-corrected chi connectivity index (χ4v) is 4.27. The van der Waals surface area contributed by atoms with E-state index in [1.807, 2.05) is 24.3 Å². The molecule has 1 aliphatic carbocycles. The van der Waals surface area contributed by atoms with Crippen molar-refractivity contribution in [1.29, 1.82) is 5.26 Å². The van der Waals surface area contributed by atoms with Crippen LogP contribution in [0.5, 0.6) is 0 Å². The predicted molar refractivity (Wildman–Crippen MR) is 108 cm³/mol. The second-order valence-corrected chi connectivity index (χ2v) is 7.80. The van der Waals surface area contributed by atoms with Crippen molar-refractivity contribution in [3.8, 4) is 6.07 Å². The molecule has 1 atom stereocenters. The standard InChI is InChI=1S/C24H29FN2/c1-27(18-19-9-3-2-4-10-19)16-8-14-21-13-7-15-22(24(21)25)23(17-26)20-11-5-6-12-20/h2-4,7,9-10,13,15,20,23H,5-6,8,11-12,14,16,18H2,1H3. The van der Waals surface area contributed by atoms with Crippen molar-refractivity contribution in [1.82, 2.24) is 4.90 Å². The third kappa shape index (κ3) is 5.17. The summed E-state index contributed by atoms with van der Waals surface area (Å²) in [7, 11) is 2.10. The molecule has 0 spiro atoms. The van der Waals surface area contributed by atoms with Gasteiger partial charge in [0.05, 0.1) is 12.0 Å². The monoisotopic (exact) mass is 364 g/mol. The molecule has 0 aliphatic heterocycles. The molecule has 1 aliphatic rings. The van der Waals surface area contributed by atoms with Crippen molar-refractivity contribution in [2.75, 3.05) is 13.6 Å². The Kier molecular flexibility index (Phi) is 7.01. The molecule has 3 rings (SSSR count). The van der Waals surface area contributed by atoms with Gasteiger partial charge in [-0.3, -0.25) is 0 Å². The number of rotatable bonds is 8. The molecule has 0 radical (unpaired) electrons. The second-order valence-electron chi connectivity index (χ2n) is 7.80. The molecular weight excluding hydrogens is 335 g/mol. The molecule has 0 bridgehead atoms. The molecule has 2 aromatic rings. The molecule has 0 heterocycles. The Morgan fingerprint density at radius 2 is 1.85 bits per heavy atom. The molecule has 1 saturated carbocycles. The molecular formula is C24H29FN2. The summed E-state index contributed by atoms with van der Waals surface area (Å²) >= 11 is 0. The fraction of sp³-hybridized carbons (Fsp3) is 0.458. The molecule has 0 amide bonds. The van der Waals surface area contributed by atoms with E-state index < -0.39 is 0 Å². The zero-order valence-electron chi connectivity index (χ0n) is 16.2. The van der Waals surface area contributed by atoms with Gasteiger partial charge in [0.1, 0.15) is 5.82 Å². The maximum Gasteiger partial charge on any atom is 0.130 e. The molecule has 1 unspecified atom stereocenters. The van der Waals surface area contributed by atoms with E-state index in [4.69, 9.17) is 0 Å². The highest BCUT2D eigenvalue weighted by Gasteiger charge is 2.28. The van der Waals surface area contributed by atoms with Gasteiger partial charge in [0.2, 0.25) is 0 Å². The van der Waals surface area contributed by atoms with Crippen LogP contribution in [0.1, 0.15) is 54.7 Å². The van der Waals surface area contributed by atoms with E-state index in [9.17, 15) is 5.26 Å². The van der Waals surface area contributed by atoms with Crippen LogP contribution in [0, 0.1) is 23.1 Å². The maximum absolute atomic E-state index is 15.1. The molecule has 27 heavy (non-hydrogen) atoms. The van der Waals surface area contributed by atoms with Crippen LogP contribution in [0.3, 0.4) is 0 Å². The van der Waals surface area contributed by atoms with E-state index in [0.29, 0.717) is 17.9 Å².